The van der Waals surface area contributed by atoms with E-state index in [1.807, 2.05) is 16.7 Å². The molecule has 2 aliphatic rings. The Kier molecular flexibility index (Phi) is 5.81. The Balaban J connectivity index is 1.38. The Bertz CT molecular complexity index is 1180. The van der Waals surface area contributed by atoms with Crippen molar-refractivity contribution < 1.29 is 9.18 Å². The van der Waals surface area contributed by atoms with Crippen LogP contribution < -0.4 is 5.69 Å². The molecule has 0 unspecified atom stereocenters. The second kappa shape index (κ2) is 8.88. The van der Waals surface area contributed by atoms with Gasteiger partial charge < -0.3 is 4.90 Å². The van der Waals surface area contributed by atoms with Gasteiger partial charge in [-0.3, -0.25) is 13.9 Å². The predicted molar refractivity (Wildman–Crippen MR) is 121 cm³/mol. The molecule has 1 saturated carbocycles. The lowest BCUT2D eigenvalue weighted by atomic mass is 9.89. The summed E-state index contributed by atoms with van der Waals surface area (Å²) < 4.78 is 17.7. The molecule has 1 amide bonds. The van der Waals surface area contributed by atoms with Gasteiger partial charge in [0.15, 0.2) is 5.65 Å². The number of amides is 1. The van der Waals surface area contributed by atoms with Crippen LogP contribution in [0.1, 0.15) is 50.1 Å². The number of imidazole rings is 1. The van der Waals surface area contributed by atoms with E-state index in [9.17, 15) is 14.0 Å². The highest BCUT2D eigenvalue weighted by atomic mass is 19.1. The van der Waals surface area contributed by atoms with E-state index in [4.69, 9.17) is 0 Å². The van der Waals surface area contributed by atoms with Gasteiger partial charge in [-0.1, -0.05) is 37.5 Å². The first-order chi connectivity index (χ1) is 15.6. The third-order valence-electron chi connectivity index (χ3n) is 7.07. The van der Waals surface area contributed by atoms with E-state index in [1.54, 1.807) is 33.9 Å². The molecule has 5 rings (SSSR count). The summed E-state index contributed by atoms with van der Waals surface area (Å²) in [5.41, 5.74) is 1.95. The molecule has 1 aliphatic heterocycles. The van der Waals surface area contributed by atoms with E-state index in [0.29, 0.717) is 36.6 Å². The highest BCUT2D eigenvalue weighted by molar-refractivity contribution is 5.79. The summed E-state index contributed by atoms with van der Waals surface area (Å²) in [5, 5.41) is 0. The Labute approximate surface area is 186 Å². The van der Waals surface area contributed by atoms with E-state index in [-0.39, 0.29) is 29.9 Å². The fraction of sp³-hybridized carbons (Fsp3) is 0.480. The molecule has 1 atom stereocenters. The second-order valence-corrected chi connectivity index (χ2v) is 9.16. The van der Waals surface area contributed by atoms with Gasteiger partial charge in [-0.15, -0.1) is 0 Å². The third-order valence-corrected chi connectivity index (χ3v) is 7.07. The average molecular weight is 437 g/mol. The molecule has 1 saturated heterocycles. The SMILES string of the molecule is O=C(Cc1ccccc1F)N1CC[C@@H](n2c(=O)n(CC3CCCCC3)c3cccnc32)C1. The molecule has 168 valence electrons. The third kappa shape index (κ3) is 3.96. The van der Waals surface area contributed by atoms with E-state index in [1.165, 1.54) is 38.2 Å². The number of nitrogens with zero attached hydrogens (tertiary/aromatic N) is 4. The van der Waals surface area contributed by atoms with Crippen LogP contribution in [0.3, 0.4) is 0 Å². The zero-order valence-corrected chi connectivity index (χ0v) is 18.3. The van der Waals surface area contributed by atoms with Gasteiger partial charge in [0, 0.05) is 25.8 Å². The molecule has 3 aromatic rings. The van der Waals surface area contributed by atoms with E-state index in [2.05, 4.69) is 4.98 Å². The number of aromatic nitrogens is 3. The van der Waals surface area contributed by atoms with Crippen LogP contribution in [-0.4, -0.2) is 38.0 Å². The van der Waals surface area contributed by atoms with E-state index >= 15 is 0 Å². The van der Waals surface area contributed by atoms with Crippen molar-refractivity contribution in [2.75, 3.05) is 13.1 Å². The molecule has 0 N–H and O–H groups in total. The number of carbonyl (C=O) groups is 1. The minimum Gasteiger partial charge on any atom is -0.340 e. The first kappa shape index (κ1) is 20.9. The maximum atomic E-state index is 14.0. The topological polar surface area (TPSA) is 60.1 Å². The zero-order valence-electron chi connectivity index (χ0n) is 18.3. The van der Waals surface area contributed by atoms with Crippen LogP contribution >= 0.6 is 0 Å². The molecule has 2 fully saturated rings. The van der Waals surface area contributed by atoms with E-state index < -0.39 is 0 Å². The largest absolute Gasteiger partial charge is 0.340 e. The van der Waals surface area contributed by atoms with Gasteiger partial charge in [0.05, 0.1) is 18.0 Å². The summed E-state index contributed by atoms with van der Waals surface area (Å²) in [6.07, 6.45) is 8.54. The van der Waals surface area contributed by atoms with Crippen LogP contribution in [0.5, 0.6) is 0 Å². The Hall–Kier alpha value is -2.96. The quantitative estimate of drug-likeness (QED) is 0.609. The molecule has 0 spiro atoms. The summed E-state index contributed by atoms with van der Waals surface area (Å²) in [7, 11) is 0. The molecule has 7 heteroatoms. The number of halogens is 1. The summed E-state index contributed by atoms with van der Waals surface area (Å²) >= 11 is 0. The average Bonchev–Trinajstić information content (AvgIpc) is 3.39. The van der Waals surface area contributed by atoms with Gasteiger partial charge in [0.2, 0.25) is 5.91 Å². The number of rotatable bonds is 5. The van der Waals surface area contributed by atoms with Crippen molar-refractivity contribution in [2.24, 2.45) is 5.92 Å². The monoisotopic (exact) mass is 436 g/mol. The Morgan fingerprint density at radius 1 is 1.06 bits per heavy atom. The summed E-state index contributed by atoms with van der Waals surface area (Å²) in [5.74, 6) is 0.0653. The smallest absolute Gasteiger partial charge is 0.330 e. The Morgan fingerprint density at radius 2 is 1.88 bits per heavy atom. The summed E-state index contributed by atoms with van der Waals surface area (Å²) in [6, 6.07) is 10.1. The maximum absolute atomic E-state index is 14.0. The van der Waals surface area contributed by atoms with Crippen LogP contribution in [0, 0.1) is 11.7 Å². The number of likely N-dealkylation sites (tertiary alicyclic amines) is 1. The van der Waals surface area contributed by atoms with Gasteiger partial charge in [-0.25, -0.2) is 14.2 Å². The van der Waals surface area contributed by atoms with Crippen LogP contribution in [-0.2, 0) is 17.8 Å². The number of fused-ring (bicyclic) bond motifs is 1. The van der Waals surface area contributed by atoms with Gasteiger partial charge in [0.1, 0.15) is 5.82 Å². The van der Waals surface area contributed by atoms with Gasteiger partial charge >= 0.3 is 5.69 Å². The van der Waals surface area contributed by atoms with Crippen molar-refractivity contribution in [1.82, 2.24) is 19.0 Å². The minimum absolute atomic E-state index is 0.0299. The van der Waals surface area contributed by atoms with Crippen LogP contribution in [0.4, 0.5) is 4.39 Å². The van der Waals surface area contributed by atoms with Crippen molar-refractivity contribution in [2.45, 2.75) is 57.5 Å². The zero-order chi connectivity index (χ0) is 22.1. The van der Waals surface area contributed by atoms with Crippen LogP contribution in [0.2, 0.25) is 0 Å². The second-order valence-electron chi connectivity index (χ2n) is 9.16. The van der Waals surface area contributed by atoms with Gasteiger partial charge in [0.25, 0.3) is 0 Å². The normalized spacial score (nSPS) is 19.7. The van der Waals surface area contributed by atoms with E-state index in [0.717, 1.165) is 12.1 Å². The molecule has 1 aromatic carbocycles. The first-order valence-electron chi connectivity index (χ1n) is 11.7. The van der Waals surface area contributed by atoms with Crippen LogP contribution in [0.15, 0.2) is 47.4 Å². The number of hydrogen-bond donors (Lipinski definition) is 0. The van der Waals surface area contributed by atoms with Gasteiger partial charge in [-0.05, 0) is 48.9 Å². The van der Waals surface area contributed by atoms with Crippen molar-refractivity contribution in [3.8, 4) is 0 Å². The lowest BCUT2D eigenvalue weighted by Crippen LogP contribution is -2.33. The fourth-order valence-electron chi connectivity index (χ4n) is 5.34. The van der Waals surface area contributed by atoms with Crippen molar-refractivity contribution in [3.05, 3.63) is 64.5 Å². The fourth-order valence-corrected chi connectivity index (χ4v) is 5.34. The molecular weight excluding hydrogens is 407 g/mol. The number of carbonyl (C=O) groups excluding carboxylic acids is 1. The number of hydrogen-bond acceptors (Lipinski definition) is 3. The molecule has 0 radical (unpaired) electrons. The standard InChI is InChI=1S/C25H29FN4O2/c26-21-10-5-4-9-19(21)15-23(31)28-14-12-20(17-28)30-24-22(11-6-13-27-24)29(25(30)32)16-18-7-2-1-3-8-18/h4-6,9-11,13,18,20H,1-3,7-8,12,14-17H2/t20-/m1/s1. The maximum Gasteiger partial charge on any atom is 0.330 e. The summed E-state index contributed by atoms with van der Waals surface area (Å²) in [4.78, 5) is 32.6. The molecule has 1 aliphatic carbocycles. The van der Waals surface area contributed by atoms with Crippen molar-refractivity contribution in [1.29, 1.82) is 0 Å². The molecule has 2 aromatic heterocycles. The first-order valence-corrected chi connectivity index (χ1v) is 11.7. The van der Waals surface area contributed by atoms with Crippen molar-refractivity contribution >= 4 is 17.1 Å². The molecule has 32 heavy (non-hydrogen) atoms. The highest BCUT2D eigenvalue weighted by Crippen LogP contribution is 2.28. The molecule has 3 heterocycles. The number of pyridine rings is 1. The number of benzene rings is 1. The molecular formula is C25H29FN4O2. The van der Waals surface area contributed by atoms with Gasteiger partial charge in [-0.2, -0.15) is 0 Å². The molecule has 0 bridgehead atoms. The lowest BCUT2D eigenvalue weighted by molar-refractivity contribution is -0.129. The highest BCUT2D eigenvalue weighted by Gasteiger charge is 2.31. The lowest BCUT2D eigenvalue weighted by Gasteiger charge is -2.21. The Morgan fingerprint density at radius 3 is 2.69 bits per heavy atom. The van der Waals surface area contributed by atoms with Crippen molar-refractivity contribution in [3.63, 3.8) is 0 Å². The minimum atomic E-state index is -0.359. The molecule has 6 nitrogen and oxygen atoms in total. The predicted octanol–water partition coefficient (Wildman–Crippen LogP) is 3.93. The van der Waals surface area contributed by atoms with Crippen LogP contribution in [0.25, 0.3) is 11.2 Å². The summed E-state index contributed by atoms with van der Waals surface area (Å²) in [6.45, 7) is 1.75.